The number of ketones is 1. The zero-order valence-electron chi connectivity index (χ0n) is 52.5. The lowest BCUT2D eigenvalue weighted by atomic mass is 9.87. The fraction of sp³-hybridized carbons (Fsp3) is 0.406. The number of likely N-dealkylation sites (N-methyl/N-ethyl adjacent to an activating group) is 3. The summed E-state index contributed by atoms with van der Waals surface area (Å²) < 4.78 is 43.9. The van der Waals surface area contributed by atoms with Crippen molar-refractivity contribution in [2.45, 2.75) is 108 Å². The van der Waals surface area contributed by atoms with Crippen LogP contribution in [0, 0.1) is 11.2 Å². The number of ether oxygens (including phenoxy) is 5. The highest BCUT2D eigenvalue weighted by Gasteiger charge is 2.43. The highest BCUT2D eigenvalue weighted by Crippen LogP contribution is 2.35. The van der Waals surface area contributed by atoms with Gasteiger partial charge in [-0.25, -0.2) is 14.0 Å². The number of rotatable bonds is 11. The topological polar surface area (TPSA) is 257 Å². The number of allylic oxidation sites excluding steroid dienone is 1. The summed E-state index contributed by atoms with van der Waals surface area (Å²) in [6.45, 7) is 1.57. The molecule has 0 spiro atoms. The molecule has 0 radical (unpaired) electrons. The average molecular weight is 1250 g/mol. The second kappa shape index (κ2) is 32.8. The average Bonchev–Trinajstić information content (AvgIpc) is 1.22. The van der Waals surface area contributed by atoms with E-state index in [2.05, 4.69) is 10.6 Å². The molecule has 5 aromatic rings. The van der Waals surface area contributed by atoms with Gasteiger partial charge in [-0.1, -0.05) is 91.0 Å². The van der Waals surface area contributed by atoms with E-state index in [0.717, 1.165) is 10.5 Å². The van der Waals surface area contributed by atoms with Crippen LogP contribution in [0.2, 0.25) is 0 Å². The number of carbonyl (C=O) groups is 9. The Hall–Kier alpha value is -9.60. The first-order valence-electron chi connectivity index (χ1n) is 30.3. The van der Waals surface area contributed by atoms with Gasteiger partial charge < -0.3 is 59.0 Å². The molecule has 0 unspecified atom stereocenters. The summed E-state index contributed by atoms with van der Waals surface area (Å²) >= 11 is 0. The lowest BCUT2D eigenvalue weighted by Crippen LogP contribution is -2.57. The summed E-state index contributed by atoms with van der Waals surface area (Å²) in [5.41, 5.74) is 1.30. The van der Waals surface area contributed by atoms with Crippen LogP contribution in [0.3, 0.4) is 0 Å². The zero-order chi connectivity index (χ0) is 65.8. The monoisotopic (exact) mass is 1250 g/mol. The molecule has 0 aromatic heterocycles. The van der Waals surface area contributed by atoms with E-state index in [0.29, 0.717) is 47.9 Å². The number of cyclic esters (lactones) is 2. The minimum Gasteiger partial charge on any atom is -0.508 e. The molecule has 0 aliphatic carbocycles. The lowest BCUT2D eigenvalue weighted by molar-refractivity contribution is -0.165. The summed E-state index contributed by atoms with van der Waals surface area (Å²) in [6.07, 6.45) is 3.70. The maximum absolute atomic E-state index is 15.3. The highest BCUT2D eigenvalue weighted by atomic mass is 19.1. The molecule has 22 heteroatoms. The number of halogens is 1. The van der Waals surface area contributed by atoms with Gasteiger partial charge in [-0.05, 0) is 123 Å². The van der Waals surface area contributed by atoms with Crippen LogP contribution in [0.25, 0.3) is 0 Å². The number of fused-ring (bicyclic) bond motifs is 3. The molecule has 1 saturated heterocycles. The summed E-state index contributed by atoms with van der Waals surface area (Å²) in [5.74, 6) is -7.16. The molecular formula is C69H81FN6O15. The number of amides is 6. The molecule has 2 aliphatic rings. The van der Waals surface area contributed by atoms with Gasteiger partial charge in [0.2, 0.25) is 29.4 Å². The Kier molecular flexibility index (Phi) is 24.8. The number of benzene rings is 5. The van der Waals surface area contributed by atoms with Gasteiger partial charge in [-0.15, -0.1) is 0 Å². The molecule has 484 valence electrons. The van der Waals surface area contributed by atoms with E-state index in [1.165, 1.54) is 81.1 Å². The van der Waals surface area contributed by atoms with Crippen molar-refractivity contribution in [3.05, 3.63) is 167 Å². The van der Waals surface area contributed by atoms with Crippen LogP contribution in [0.4, 0.5) is 4.39 Å². The number of phenolic OH excluding ortho intramolecular Hbond substituents is 1. The van der Waals surface area contributed by atoms with Crippen LogP contribution in [0.5, 0.6) is 23.0 Å². The minimum absolute atomic E-state index is 0.0208. The molecule has 3 N–H and O–H groups in total. The smallest absolute Gasteiger partial charge is 0.330 e. The normalized spacial score (nSPS) is 21.4. The van der Waals surface area contributed by atoms with Gasteiger partial charge in [0.25, 0.3) is 11.8 Å². The predicted octanol–water partition coefficient (Wildman–Crippen LogP) is 6.46. The number of piperidine rings is 1. The molecule has 91 heavy (non-hydrogen) atoms. The van der Waals surface area contributed by atoms with Crippen LogP contribution in [0.15, 0.2) is 133 Å². The number of nitrogens with zero attached hydrogens (tertiary/aromatic N) is 4. The third-order valence-corrected chi connectivity index (χ3v) is 16.1. The minimum atomic E-state index is -1.53. The largest absolute Gasteiger partial charge is 0.508 e. The van der Waals surface area contributed by atoms with Crippen LogP contribution in [-0.2, 0) is 78.3 Å². The van der Waals surface area contributed by atoms with Crippen LogP contribution in [0.1, 0.15) is 86.3 Å². The van der Waals surface area contributed by atoms with Crippen molar-refractivity contribution in [1.29, 1.82) is 0 Å². The SMILES string of the molecule is COc1cc(CC[C@H]2OC(=O)[C@@H]3CCCCN3C(=O)C(=O)C(C)(C)COC(=O)/C=C/CCCN(C)C(=O)[C@@H](Cc3ccccc3)NC(=O)CN(C)C(=O)[C@@H](Cc3ccccc3)NC(=O)[C@H](Cc3ccc(O)cc3)N(C)C(=O)COc3cccc2c3)cc(F)c1OC. The van der Waals surface area contributed by atoms with Crippen molar-refractivity contribution < 1.29 is 76.3 Å². The quantitative estimate of drug-likeness (QED) is 0.0948. The van der Waals surface area contributed by atoms with E-state index < -0.39 is 114 Å². The maximum atomic E-state index is 15.3. The highest BCUT2D eigenvalue weighted by molar-refractivity contribution is 6.38. The number of carbonyl (C=O) groups excluding carboxylic acids is 9. The van der Waals surface area contributed by atoms with Crippen LogP contribution in [-0.4, -0.2) is 170 Å². The van der Waals surface area contributed by atoms with E-state index in [1.807, 2.05) is 18.2 Å². The molecule has 0 saturated carbocycles. The van der Waals surface area contributed by atoms with Crippen LogP contribution < -0.4 is 24.8 Å². The van der Waals surface area contributed by atoms with Crippen molar-refractivity contribution >= 4 is 53.2 Å². The number of nitrogens with one attached hydrogen (secondary N) is 2. The van der Waals surface area contributed by atoms with Crippen molar-refractivity contribution in [3.8, 4) is 23.0 Å². The first-order chi connectivity index (χ1) is 43.5. The zero-order valence-corrected chi connectivity index (χ0v) is 52.5. The molecule has 7 rings (SSSR count). The summed E-state index contributed by atoms with van der Waals surface area (Å²) in [5, 5.41) is 15.9. The van der Waals surface area contributed by atoms with Crippen LogP contribution >= 0.6 is 0 Å². The van der Waals surface area contributed by atoms with Crippen molar-refractivity contribution in [1.82, 2.24) is 30.2 Å². The summed E-state index contributed by atoms with van der Waals surface area (Å²) in [7, 11) is 7.06. The Morgan fingerprint density at radius 2 is 1.33 bits per heavy atom. The van der Waals surface area contributed by atoms with Gasteiger partial charge in [0.1, 0.15) is 48.4 Å². The summed E-state index contributed by atoms with van der Waals surface area (Å²) in [6, 6.07) is 28.4. The maximum Gasteiger partial charge on any atom is 0.330 e. The number of aromatic hydroxyl groups is 1. The fourth-order valence-electron chi connectivity index (χ4n) is 10.8. The van der Waals surface area contributed by atoms with E-state index >= 15 is 4.39 Å². The number of Topliss-reactive ketones (excluding diaryl/α,β-unsaturated/α-hetero) is 1. The molecule has 5 atom stereocenters. The van der Waals surface area contributed by atoms with Gasteiger partial charge >= 0.3 is 11.9 Å². The number of hydrogen-bond donors (Lipinski definition) is 3. The van der Waals surface area contributed by atoms with E-state index in [1.54, 1.807) is 98.1 Å². The molecular weight excluding hydrogens is 1170 g/mol. The lowest BCUT2D eigenvalue weighted by Gasteiger charge is -2.36. The molecule has 2 heterocycles. The van der Waals surface area contributed by atoms with Gasteiger partial charge in [-0.2, -0.15) is 0 Å². The standard InChI is InChI=1S/C69H81FN6O15/c1-69(2)44-90-61(80)27-15-10-17-34-73(3)65(83)53(37-45-20-11-8-12-21-45)71-59(78)42-74(4)66(84)54(38-46-22-13-9-14-23-46)72-64(82)56(39-47-28-31-50(77)32-29-47)75(5)60(79)43-89-51-25-19-24-49(41-51)57(33-30-48-36-52(70)62(88-7)58(40-48)87-6)91-68(86)55-26-16-18-35-76(55)67(85)63(69)81/h8-9,11-15,19-25,27-29,31-32,36,40-41,53-57,77H,10,16-18,26,30,33-35,37-39,42-44H2,1-7H3,(H,71,78)(H,72,82)/b27-15+/t53-,54-,55+,56+,57-/m1/s1. The third-order valence-electron chi connectivity index (χ3n) is 16.1. The van der Waals surface area contributed by atoms with Crippen molar-refractivity contribution in [2.75, 3.05) is 68.2 Å². The Labute approximate surface area is 529 Å². The number of phenols is 1. The number of aryl methyl sites for hydroxylation is 1. The molecule has 2 aliphatic heterocycles. The number of esters is 2. The summed E-state index contributed by atoms with van der Waals surface area (Å²) in [4.78, 5) is 133. The molecule has 2 bridgehead atoms. The van der Waals surface area contributed by atoms with Crippen molar-refractivity contribution in [2.24, 2.45) is 5.41 Å². The first kappa shape index (κ1) is 68.9. The predicted molar refractivity (Wildman–Crippen MR) is 334 cm³/mol. The number of methoxy groups -OCH3 is 2. The Bertz CT molecular complexity index is 3400. The van der Waals surface area contributed by atoms with Gasteiger partial charge in [0, 0.05) is 59.6 Å². The molecule has 5 aromatic carbocycles. The molecule has 21 nitrogen and oxygen atoms in total. The van der Waals surface area contributed by atoms with E-state index in [9.17, 15) is 48.3 Å². The fourth-order valence-corrected chi connectivity index (χ4v) is 10.8. The first-order valence-corrected chi connectivity index (χ1v) is 30.3. The Morgan fingerprint density at radius 1 is 0.681 bits per heavy atom. The Morgan fingerprint density at radius 3 is 1.99 bits per heavy atom. The van der Waals surface area contributed by atoms with Gasteiger partial charge in [0.05, 0.1) is 26.2 Å². The molecule has 1 fully saturated rings. The van der Waals surface area contributed by atoms with Gasteiger partial charge in [-0.3, -0.25) is 33.6 Å². The number of hydrogen-bond acceptors (Lipinski definition) is 15. The van der Waals surface area contributed by atoms with Crippen molar-refractivity contribution in [3.63, 3.8) is 0 Å². The second-order valence-electron chi connectivity index (χ2n) is 23.4. The van der Waals surface area contributed by atoms with E-state index in [4.69, 9.17) is 23.7 Å². The second-order valence-corrected chi connectivity index (χ2v) is 23.4. The Balaban J connectivity index is 1.21. The van der Waals surface area contributed by atoms with Gasteiger partial charge in [0.15, 0.2) is 23.9 Å². The molecule has 6 amide bonds. The van der Waals surface area contributed by atoms with E-state index in [-0.39, 0.29) is 74.6 Å². The third kappa shape index (κ3) is 19.4.